The monoisotopic (exact) mass is 542 g/mol. The Labute approximate surface area is 228 Å². The molecule has 0 aliphatic heterocycles. The fraction of sp³-hybridized carbons (Fsp3) is 0.310. The lowest BCUT2D eigenvalue weighted by molar-refractivity contribution is -0.139. The molecular weight excluding hydrogens is 511 g/mol. The fourth-order valence-corrected chi connectivity index (χ4v) is 5.08. The van der Waals surface area contributed by atoms with Crippen LogP contribution in [0.3, 0.4) is 0 Å². The summed E-state index contributed by atoms with van der Waals surface area (Å²) in [6.45, 7) is 4.29. The SMILES string of the molecule is CCC(C)NC(=O)C(Cc1ccccc1)N(Cc1cccc(Cl)c1)C(=O)CSCc1cccc(Cl)c1. The van der Waals surface area contributed by atoms with Gasteiger partial charge in [0.1, 0.15) is 6.04 Å². The quantitative estimate of drug-likeness (QED) is 0.274. The van der Waals surface area contributed by atoms with Gasteiger partial charge in [0.2, 0.25) is 11.8 Å². The molecule has 3 aromatic carbocycles. The number of amides is 2. The van der Waals surface area contributed by atoms with E-state index in [2.05, 4.69) is 5.32 Å². The lowest BCUT2D eigenvalue weighted by atomic mass is 10.0. The number of carbonyl (C=O) groups excluding carboxylic acids is 2. The van der Waals surface area contributed by atoms with Crippen molar-refractivity contribution in [3.05, 3.63) is 106 Å². The smallest absolute Gasteiger partial charge is 0.243 e. The number of nitrogens with one attached hydrogen (secondary N) is 1. The summed E-state index contributed by atoms with van der Waals surface area (Å²) in [7, 11) is 0. The van der Waals surface area contributed by atoms with Crippen LogP contribution in [0.4, 0.5) is 0 Å². The number of rotatable bonds is 12. The van der Waals surface area contributed by atoms with Gasteiger partial charge in [0.05, 0.1) is 5.75 Å². The number of halogens is 2. The van der Waals surface area contributed by atoms with Gasteiger partial charge in [-0.05, 0) is 54.3 Å². The van der Waals surface area contributed by atoms with Crippen LogP contribution in [0.5, 0.6) is 0 Å². The molecule has 2 unspecified atom stereocenters. The van der Waals surface area contributed by atoms with Gasteiger partial charge in [-0.25, -0.2) is 0 Å². The molecule has 0 aliphatic rings. The highest BCUT2D eigenvalue weighted by atomic mass is 35.5. The average Bonchev–Trinajstić information content (AvgIpc) is 2.86. The van der Waals surface area contributed by atoms with Crippen LogP contribution < -0.4 is 5.32 Å². The molecule has 0 bridgehead atoms. The topological polar surface area (TPSA) is 49.4 Å². The zero-order chi connectivity index (χ0) is 25.9. The van der Waals surface area contributed by atoms with Gasteiger partial charge in [-0.2, -0.15) is 0 Å². The highest BCUT2D eigenvalue weighted by Gasteiger charge is 2.30. The molecule has 3 rings (SSSR count). The molecule has 0 heterocycles. The molecule has 0 saturated carbocycles. The van der Waals surface area contributed by atoms with Crippen molar-refractivity contribution in [1.82, 2.24) is 10.2 Å². The highest BCUT2D eigenvalue weighted by molar-refractivity contribution is 7.99. The van der Waals surface area contributed by atoms with E-state index >= 15 is 0 Å². The van der Waals surface area contributed by atoms with Gasteiger partial charge in [0, 0.05) is 34.8 Å². The first-order valence-corrected chi connectivity index (χ1v) is 14.0. The van der Waals surface area contributed by atoms with Gasteiger partial charge >= 0.3 is 0 Å². The van der Waals surface area contributed by atoms with Gasteiger partial charge in [-0.1, -0.05) is 84.7 Å². The van der Waals surface area contributed by atoms with Gasteiger partial charge in [0.15, 0.2) is 0 Å². The van der Waals surface area contributed by atoms with E-state index in [1.54, 1.807) is 11.0 Å². The molecule has 4 nitrogen and oxygen atoms in total. The Kier molecular flexibility index (Phi) is 11.2. The molecule has 0 aromatic heterocycles. The minimum Gasteiger partial charge on any atom is -0.352 e. The second kappa shape index (κ2) is 14.3. The maximum absolute atomic E-state index is 13.6. The summed E-state index contributed by atoms with van der Waals surface area (Å²) in [6.07, 6.45) is 1.23. The lowest BCUT2D eigenvalue weighted by Crippen LogP contribution is -2.52. The zero-order valence-electron chi connectivity index (χ0n) is 20.6. The second-order valence-corrected chi connectivity index (χ2v) is 10.7. The standard InChI is InChI=1S/C29H32Cl2N2O2S/c1-3-21(2)32-29(35)27(17-22-9-5-4-6-10-22)33(18-23-11-7-13-25(30)15-23)28(34)20-36-19-24-12-8-14-26(31)16-24/h4-16,21,27H,3,17-20H2,1-2H3,(H,32,35). The molecule has 36 heavy (non-hydrogen) atoms. The Morgan fingerprint density at radius 2 is 1.50 bits per heavy atom. The number of hydrogen-bond acceptors (Lipinski definition) is 3. The van der Waals surface area contributed by atoms with Gasteiger partial charge < -0.3 is 10.2 Å². The minimum atomic E-state index is -0.653. The predicted octanol–water partition coefficient (Wildman–Crippen LogP) is 6.78. The molecule has 3 aromatic rings. The third-order valence-corrected chi connectivity index (χ3v) is 7.36. The Balaban J connectivity index is 1.85. The van der Waals surface area contributed by atoms with Crippen molar-refractivity contribution in [1.29, 1.82) is 0 Å². The first-order valence-electron chi connectivity index (χ1n) is 12.1. The van der Waals surface area contributed by atoms with Crippen molar-refractivity contribution >= 4 is 46.8 Å². The van der Waals surface area contributed by atoms with Crippen LogP contribution >= 0.6 is 35.0 Å². The molecule has 0 spiro atoms. The summed E-state index contributed by atoms with van der Waals surface area (Å²) in [5.41, 5.74) is 2.93. The lowest BCUT2D eigenvalue weighted by Gasteiger charge is -2.32. The third kappa shape index (κ3) is 8.88. The number of hydrogen-bond donors (Lipinski definition) is 1. The van der Waals surface area contributed by atoms with E-state index in [9.17, 15) is 9.59 Å². The fourth-order valence-electron chi connectivity index (χ4n) is 3.79. The van der Waals surface area contributed by atoms with Gasteiger partial charge in [0.25, 0.3) is 0 Å². The summed E-state index contributed by atoms with van der Waals surface area (Å²) in [5.74, 6) is 0.653. The Morgan fingerprint density at radius 3 is 2.14 bits per heavy atom. The van der Waals surface area contributed by atoms with Crippen molar-refractivity contribution in [2.75, 3.05) is 5.75 Å². The molecule has 190 valence electrons. The molecule has 0 radical (unpaired) electrons. The molecule has 0 fully saturated rings. The van der Waals surface area contributed by atoms with Crippen LogP contribution in [0.1, 0.15) is 37.0 Å². The summed E-state index contributed by atoms with van der Waals surface area (Å²) < 4.78 is 0. The van der Waals surface area contributed by atoms with E-state index in [0.29, 0.717) is 28.8 Å². The van der Waals surface area contributed by atoms with E-state index in [-0.39, 0.29) is 23.6 Å². The zero-order valence-corrected chi connectivity index (χ0v) is 23.0. The summed E-state index contributed by atoms with van der Waals surface area (Å²) in [4.78, 5) is 28.8. The average molecular weight is 544 g/mol. The maximum atomic E-state index is 13.6. The van der Waals surface area contributed by atoms with E-state index in [1.165, 1.54) is 11.8 Å². The highest BCUT2D eigenvalue weighted by Crippen LogP contribution is 2.21. The normalized spacial score (nSPS) is 12.6. The first kappa shape index (κ1) is 28.1. The Bertz CT molecular complexity index is 1140. The summed E-state index contributed by atoms with van der Waals surface area (Å²) in [5, 5.41) is 4.36. The summed E-state index contributed by atoms with van der Waals surface area (Å²) >= 11 is 13.9. The van der Waals surface area contributed by atoms with Crippen LogP contribution in [0, 0.1) is 0 Å². The maximum Gasteiger partial charge on any atom is 0.243 e. The molecule has 1 N–H and O–H groups in total. The van der Waals surface area contributed by atoms with Crippen molar-refractivity contribution in [2.45, 2.75) is 51.1 Å². The number of benzene rings is 3. The molecular formula is C29H32Cl2N2O2S. The van der Waals surface area contributed by atoms with Crippen LogP contribution in [-0.2, 0) is 28.3 Å². The van der Waals surface area contributed by atoms with Crippen LogP contribution in [0.15, 0.2) is 78.9 Å². The van der Waals surface area contributed by atoms with Gasteiger partial charge in [-0.15, -0.1) is 11.8 Å². The number of carbonyl (C=O) groups is 2. The first-order chi connectivity index (χ1) is 17.4. The van der Waals surface area contributed by atoms with E-state index in [4.69, 9.17) is 23.2 Å². The third-order valence-electron chi connectivity index (χ3n) is 5.90. The van der Waals surface area contributed by atoms with Crippen molar-refractivity contribution in [2.24, 2.45) is 0 Å². The van der Waals surface area contributed by atoms with Crippen molar-refractivity contribution < 1.29 is 9.59 Å². The molecule has 7 heteroatoms. The summed E-state index contributed by atoms with van der Waals surface area (Å²) in [6, 6.07) is 24.2. The Hall–Kier alpha value is -2.47. The van der Waals surface area contributed by atoms with Crippen LogP contribution in [-0.4, -0.2) is 34.6 Å². The largest absolute Gasteiger partial charge is 0.352 e. The molecule has 0 aliphatic carbocycles. The molecule has 0 saturated heterocycles. The van der Waals surface area contributed by atoms with Gasteiger partial charge in [-0.3, -0.25) is 9.59 Å². The number of nitrogens with zero attached hydrogens (tertiary/aromatic N) is 1. The van der Waals surface area contributed by atoms with Crippen LogP contribution in [0.25, 0.3) is 0 Å². The molecule has 2 atom stereocenters. The number of thioether (sulfide) groups is 1. The van der Waals surface area contributed by atoms with Crippen LogP contribution in [0.2, 0.25) is 10.0 Å². The van der Waals surface area contributed by atoms with E-state index < -0.39 is 6.04 Å². The minimum absolute atomic E-state index is 0.0103. The van der Waals surface area contributed by atoms with E-state index in [1.807, 2.05) is 86.6 Å². The second-order valence-electron chi connectivity index (χ2n) is 8.80. The van der Waals surface area contributed by atoms with Crippen molar-refractivity contribution in [3.63, 3.8) is 0 Å². The molecule has 2 amide bonds. The van der Waals surface area contributed by atoms with Crippen molar-refractivity contribution in [3.8, 4) is 0 Å². The predicted molar refractivity (Wildman–Crippen MR) is 151 cm³/mol. The van der Waals surface area contributed by atoms with E-state index in [0.717, 1.165) is 23.1 Å². The Morgan fingerprint density at radius 1 is 0.889 bits per heavy atom.